The number of rotatable bonds is 3. The molecule has 0 aliphatic carbocycles. The summed E-state index contributed by atoms with van der Waals surface area (Å²) in [6.07, 6.45) is 1.63. The summed E-state index contributed by atoms with van der Waals surface area (Å²) in [4.78, 5) is 0. The van der Waals surface area contributed by atoms with E-state index in [-0.39, 0.29) is 0 Å². The van der Waals surface area contributed by atoms with Crippen molar-refractivity contribution in [3.8, 4) is 0 Å². The minimum atomic E-state index is 0.571. The Hall–Kier alpha value is -2.17. The quantitative estimate of drug-likeness (QED) is 0.764. The van der Waals surface area contributed by atoms with Crippen LogP contribution in [-0.2, 0) is 0 Å². The molecule has 3 aromatic rings. The topological polar surface area (TPSA) is 55.1 Å². The zero-order chi connectivity index (χ0) is 12.5. The summed E-state index contributed by atoms with van der Waals surface area (Å²) in [6, 6.07) is 8.11. The fourth-order valence-electron chi connectivity index (χ4n) is 1.96. The molecule has 3 rings (SSSR count). The summed E-state index contributed by atoms with van der Waals surface area (Å²) in [5.41, 5.74) is 0.792. The third-order valence-corrected chi connectivity index (χ3v) is 2.84. The lowest BCUT2D eigenvalue weighted by molar-refractivity contribution is 0.685. The van der Waals surface area contributed by atoms with Crippen LogP contribution in [0.1, 0.15) is 13.8 Å². The van der Waals surface area contributed by atoms with Gasteiger partial charge in [0.15, 0.2) is 11.5 Å². The van der Waals surface area contributed by atoms with Crippen LogP contribution in [0.25, 0.3) is 16.4 Å². The lowest BCUT2D eigenvalue weighted by Gasteiger charge is -2.11. The molecule has 5 nitrogen and oxygen atoms in total. The molecular weight excluding hydrogens is 226 g/mol. The SMILES string of the molecule is CC(C)CNc1nn2cnnc2c2ccccc12. The van der Waals surface area contributed by atoms with Crippen molar-refractivity contribution in [1.82, 2.24) is 19.8 Å². The van der Waals surface area contributed by atoms with E-state index in [0.717, 1.165) is 28.8 Å². The van der Waals surface area contributed by atoms with E-state index in [1.165, 1.54) is 0 Å². The van der Waals surface area contributed by atoms with E-state index in [2.05, 4.69) is 40.5 Å². The highest BCUT2D eigenvalue weighted by Gasteiger charge is 2.09. The van der Waals surface area contributed by atoms with Crippen LogP contribution in [0.3, 0.4) is 0 Å². The first-order chi connectivity index (χ1) is 8.75. The van der Waals surface area contributed by atoms with Crippen molar-refractivity contribution in [1.29, 1.82) is 0 Å². The van der Waals surface area contributed by atoms with Gasteiger partial charge >= 0.3 is 0 Å². The van der Waals surface area contributed by atoms with E-state index in [1.54, 1.807) is 10.8 Å². The number of anilines is 1. The molecule has 0 unspecified atom stereocenters. The van der Waals surface area contributed by atoms with Crippen molar-refractivity contribution in [3.63, 3.8) is 0 Å². The van der Waals surface area contributed by atoms with E-state index >= 15 is 0 Å². The first-order valence-corrected chi connectivity index (χ1v) is 6.08. The summed E-state index contributed by atoms with van der Waals surface area (Å²) in [5, 5.41) is 18.1. The Labute approximate surface area is 105 Å². The average Bonchev–Trinajstić information content (AvgIpc) is 2.84. The second kappa shape index (κ2) is 4.25. The first-order valence-electron chi connectivity index (χ1n) is 6.08. The van der Waals surface area contributed by atoms with Crippen LogP contribution in [0.4, 0.5) is 5.82 Å². The fourth-order valence-corrected chi connectivity index (χ4v) is 1.96. The molecular formula is C13H15N5. The molecule has 0 spiro atoms. The maximum Gasteiger partial charge on any atom is 0.185 e. The maximum absolute atomic E-state index is 4.52. The van der Waals surface area contributed by atoms with Gasteiger partial charge in [0, 0.05) is 17.3 Å². The summed E-state index contributed by atoms with van der Waals surface area (Å²) in [5.74, 6) is 1.45. The van der Waals surface area contributed by atoms with Crippen LogP contribution in [0.15, 0.2) is 30.6 Å². The van der Waals surface area contributed by atoms with Gasteiger partial charge in [-0.25, -0.2) is 0 Å². The molecule has 92 valence electrons. The second-order valence-electron chi connectivity index (χ2n) is 4.77. The number of nitrogens with one attached hydrogen (secondary N) is 1. The Balaban J connectivity index is 2.20. The van der Waals surface area contributed by atoms with Gasteiger partial charge in [0.05, 0.1) is 0 Å². The van der Waals surface area contributed by atoms with E-state index in [0.29, 0.717) is 5.92 Å². The highest BCUT2D eigenvalue weighted by molar-refractivity contribution is 5.99. The summed E-state index contributed by atoms with van der Waals surface area (Å²) in [6.45, 7) is 5.24. The van der Waals surface area contributed by atoms with E-state index in [4.69, 9.17) is 0 Å². The number of fused-ring (bicyclic) bond motifs is 3. The number of benzene rings is 1. The monoisotopic (exact) mass is 241 g/mol. The largest absolute Gasteiger partial charge is 0.368 e. The highest BCUT2D eigenvalue weighted by atomic mass is 15.4. The normalized spacial score (nSPS) is 11.5. The summed E-state index contributed by atoms with van der Waals surface area (Å²) < 4.78 is 1.71. The van der Waals surface area contributed by atoms with Gasteiger partial charge in [0.2, 0.25) is 0 Å². The van der Waals surface area contributed by atoms with Crippen molar-refractivity contribution in [2.75, 3.05) is 11.9 Å². The van der Waals surface area contributed by atoms with Crippen LogP contribution in [0.2, 0.25) is 0 Å². The molecule has 0 saturated carbocycles. The number of aromatic nitrogens is 4. The van der Waals surface area contributed by atoms with Crippen LogP contribution < -0.4 is 5.32 Å². The Morgan fingerprint density at radius 2 is 2.00 bits per heavy atom. The van der Waals surface area contributed by atoms with Crippen LogP contribution in [0, 0.1) is 5.92 Å². The summed E-state index contributed by atoms with van der Waals surface area (Å²) >= 11 is 0. The zero-order valence-electron chi connectivity index (χ0n) is 10.5. The Morgan fingerprint density at radius 3 is 2.78 bits per heavy atom. The summed E-state index contributed by atoms with van der Waals surface area (Å²) in [7, 11) is 0. The molecule has 0 saturated heterocycles. The van der Waals surface area contributed by atoms with Gasteiger partial charge in [0.1, 0.15) is 6.33 Å². The van der Waals surface area contributed by atoms with Gasteiger partial charge < -0.3 is 5.32 Å². The fraction of sp³-hybridized carbons (Fsp3) is 0.308. The molecule has 0 atom stereocenters. The number of nitrogens with zero attached hydrogens (tertiary/aromatic N) is 4. The third-order valence-electron chi connectivity index (χ3n) is 2.84. The first kappa shape index (κ1) is 11.0. The lowest BCUT2D eigenvalue weighted by atomic mass is 10.1. The smallest absolute Gasteiger partial charge is 0.185 e. The predicted octanol–water partition coefficient (Wildman–Crippen LogP) is 2.35. The van der Waals surface area contributed by atoms with Crippen molar-refractivity contribution in [3.05, 3.63) is 30.6 Å². The Kier molecular flexibility index (Phi) is 2.59. The van der Waals surface area contributed by atoms with Crippen molar-refractivity contribution >= 4 is 22.2 Å². The van der Waals surface area contributed by atoms with Gasteiger partial charge in [-0.1, -0.05) is 38.1 Å². The maximum atomic E-state index is 4.52. The molecule has 18 heavy (non-hydrogen) atoms. The standard InChI is InChI=1S/C13H15N5/c1-9(2)7-14-12-10-5-3-4-6-11(10)13-16-15-8-18(13)17-12/h3-6,8-9H,7H2,1-2H3,(H,14,17). The molecule has 0 radical (unpaired) electrons. The number of hydrogen-bond acceptors (Lipinski definition) is 4. The Morgan fingerprint density at radius 1 is 1.22 bits per heavy atom. The Bertz CT molecular complexity index is 686. The molecule has 0 amide bonds. The lowest BCUT2D eigenvalue weighted by Crippen LogP contribution is -2.11. The minimum Gasteiger partial charge on any atom is -0.368 e. The molecule has 1 N–H and O–H groups in total. The zero-order valence-corrected chi connectivity index (χ0v) is 10.5. The van der Waals surface area contributed by atoms with Gasteiger partial charge in [-0.15, -0.1) is 15.3 Å². The highest BCUT2D eigenvalue weighted by Crippen LogP contribution is 2.23. The van der Waals surface area contributed by atoms with Gasteiger partial charge in [0.25, 0.3) is 0 Å². The number of hydrogen-bond donors (Lipinski definition) is 1. The third kappa shape index (κ3) is 1.77. The molecule has 0 fully saturated rings. The molecule has 0 aliphatic rings. The second-order valence-corrected chi connectivity index (χ2v) is 4.77. The molecule has 5 heteroatoms. The van der Waals surface area contributed by atoms with Gasteiger partial charge in [-0.3, -0.25) is 0 Å². The average molecular weight is 241 g/mol. The molecule has 1 aromatic carbocycles. The van der Waals surface area contributed by atoms with E-state index < -0.39 is 0 Å². The molecule has 0 bridgehead atoms. The molecule has 0 aliphatic heterocycles. The van der Waals surface area contributed by atoms with Crippen LogP contribution in [-0.4, -0.2) is 26.4 Å². The minimum absolute atomic E-state index is 0.571. The van der Waals surface area contributed by atoms with Crippen molar-refractivity contribution < 1.29 is 0 Å². The van der Waals surface area contributed by atoms with Gasteiger partial charge in [-0.2, -0.15) is 4.52 Å². The van der Waals surface area contributed by atoms with Crippen LogP contribution >= 0.6 is 0 Å². The van der Waals surface area contributed by atoms with Gasteiger partial charge in [-0.05, 0) is 5.92 Å². The van der Waals surface area contributed by atoms with Crippen molar-refractivity contribution in [2.45, 2.75) is 13.8 Å². The predicted molar refractivity (Wildman–Crippen MR) is 71.6 cm³/mol. The van der Waals surface area contributed by atoms with Crippen LogP contribution in [0.5, 0.6) is 0 Å². The van der Waals surface area contributed by atoms with Crippen molar-refractivity contribution in [2.24, 2.45) is 5.92 Å². The molecule has 2 aromatic heterocycles. The van der Waals surface area contributed by atoms with E-state index in [9.17, 15) is 0 Å². The molecule has 2 heterocycles. The van der Waals surface area contributed by atoms with E-state index in [1.807, 2.05) is 18.2 Å².